The first-order chi connectivity index (χ1) is 12.4. The molecule has 2 unspecified atom stereocenters. The van der Waals surface area contributed by atoms with Gasteiger partial charge in [-0.05, 0) is 38.5 Å². The molecule has 2 atom stereocenters. The molecule has 2 aliphatic rings. The van der Waals surface area contributed by atoms with Gasteiger partial charge < -0.3 is 4.74 Å². The molecule has 2 rings (SSSR count). The van der Waals surface area contributed by atoms with E-state index >= 15 is 0 Å². The van der Waals surface area contributed by atoms with Crippen molar-refractivity contribution in [2.45, 2.75) is 128 Å². The lowest BCUT2D eigenvalue weighted by Crippen LogP contribution is -2.19. The van der Waals surface area contributed by atoms with Crippen molar-refractivity contribution in [1.29, 1.82) is 0 Å². The first-order valence-electron chi connectivity index (χ1n) is 11.4. The van der Waals surface area contributed by atoms with E-state index in [0.29, 0.717) is 12.2 Å². The lowest BCUT2D eigenvalue weighted by atomic mass is 10.0. The van der Waals surface area contributed by atoms with Gasteiger partial charge in [-0.1, -0.05) is 101 Å². The number of hydrogen-bond donors (Lipinski definition) is 0. The Bertz CT molecular complexity index is 323. The summed E-state index contributed by atoms with van der Waals surface area (Å²) in [4.78, 5) is 0. The minimum atomic E-state index is 0.335. The maximum absolute atomic E-state index is 6.57. The summed E-state index contributed by atoms with van der Waals surface area (Å²) in [5, 5.41) is 0. The van der Waals surface area contributed by atoms with Gasteiger partial charge in [-0.2, -0.15) is 0 Å². The van der Waals surface area contributed by atoms with Crippen molar-refractivity contribution in [2.24, 2.45) is 0 Å². The van der Waals surface area contributed by atoms with E-state index in [9.17, 15) is 0 Å². The van der Waals surface area contributed by atoms with Crippen LogP contribution in [0.2, 0.25) is 0 Å². The fourth-order valence-electron chi connectivity index (χ4n) is 4.12. The van der Waals surface area contributed by atoms with Crippen LogP contribution in [-0.4, -0.2) is 12.2 Å². The molecular weight excluding hydrogens is 304 g/mol. The van der Waals surface area contributed by atoms with Gasteiger partial charge in [-0.15, -0.1) is 0 Å². The van der Waals surface area contributed by atoms with E-state index in [1.165, 1.54) is 116 Å². The largest absolute Gasteiger partial charge is 0.367 e. The normalized spacial score (nSPS) is 30.2. The molecule has 1 nitrogen and oxygen atoms in total. The van der Waals surface area contributed by atoms with Gasteiger partial charge in [0.25, 0.3) is 0 Å². The fraction of sp³-hybridized carbons (Fsp3) is 0.833. The molecule has 2 aliphatic carbocycles. The average molecular weight is 347 g/mol. The molecule has 0 bridgehead atoms. The molecule has 0 fully saturated rings. The van der Waals surface area contributed by atoms with E-state index < -0.39 is 0 Å². The predicted octanol–water partition coefficient (Wildman–Crippen LogP) is 7.90. The molecule has 0 heterocycles. The van der Waals surface area contributed by atoms with E-state index in [1.807, 2.05) is 0 Å². The summed E-state index contributed by atoms with van der Waals surface area (Å²) in [6, 6.07) is 0. The van der Waals surface area contributed by atoms with Gasteiger partial charge in [-0.3, -0.25) is 0 Å². The third-order valence-corrected chi connectivity index (χ3v) is 5.77. The first-order valence-corrected chi connectivity index (χ1v) is 11.4. The number of ether oxygens (including phenoxy) is 1. The van der Waals surface area contributed by atoms with Crippen LogP contribution in [0.3, 0.4) is 0 Å². The summed E-state index contributed by atoms with van der Waals surface area (Å²) in [6.45, 7) is 0. The second kappa shape index (κ2) is 14.6. The number of hydrogen-bond acceptors (Lipinski definition) is 1. The molecule has 0 aromatic heterocycles. The summed E-state index contributed by atoms with van der Waals surface area (Å²) in [7, 11) is 0. The van der Waals surface area contributed by atoms with Crippen molar-refractivity contribution in [3.8, 4) is 0 Å². The van der Waals surface area contributed by atoms with E-state index in [-0.39, 0.29) is 0 Å². The van der Waals surface area contributed by atoms with Crippen molar-refractivity contribution < 1.29 is 4.74 Å². The Labute approximate surface area is 157 Å². The number of allylic oxidation sites excluding steroid dienone is 2. The smallest absolute Gasteiger partial charge is 0.0763 e. The molecule has 0 aromatic carbocycles. The van der Waals surface area contributed by atoms with Crippen LogP contribution in [0.1, 0.15) is 116 Å². The van der Waals surface area contributed by atoms with Crippen molar-refractivity contribution in [3.63, 3.8) is 0 Å². The maximum Gasteiger partial charge on any atom is 0.0763 e. The lowest BCUT2D eigenvalue weighted by molar-refractivity contribution is 0.0292. The molecule has 0 radical (unpaired) electrons. The molecule has 0 saturated carbocycles. The highest BCUT2D eigenvalue weighted by molar-refractivity contribution is 4.95. The molecular formula is C24H42O. The first kappa shape index (κ1) is 20.7. The van der Waals surface area contributed by atoms with Crippen LogP contribution >= 0.6 is 0 Å². The Balaban J connectivity index is 1.85. The molecule has 0 aromatic rings. The minimum Gasteiger partial charge on any atom is -0.367 e. The fourth-order valence-corrected chi connectivity index (χ4v) is 4.12. The molecule has 0 amide bonds. The Morgan fingerprint density at radius 3 is 1.24 bits per heavy atom. The van der Waals surface area contributed by atoms with E-state index in [1.54, 1.807) is 0 Å². The maximum atomic E-state index is 6.57. The lowest BCUT2D eigenvalue weighted by Gasteiger charge is -2.22. The summed E-state index contributed by atoms with van der Waals surface area (Å²) in [6.07, 6.45) is 34.6. The Morgan fingerprint density at radius 1 is 0.440 bits per heavy atom. The molecule has 25 heavy (non-hydrogen) atoms. The van der Waals surface area contributed by atoms with Crippen LogP contribution in [-0.2, 0) is 4.74 Å². The van der Waals surface area contributed by atoms with Crippen LogP contribution in [0.5, 0.6) is 0 Å². The highest BCUT2D eigenvalue weighted by Crippen LogP contribution is 2.20. The van der Waals surface area contributed by atoms with Gasteiger partial charge in [0.1, 0.15) is 0 Å². The topological polar surface area (TPSA) is 9.23 Å². The summed E-state index contributed by atoms with van der Waals surface area (Å²) < 4.78 is 6.57. The van der Waals surface area contributed by atoms with Gasteiger partial charge in [0.15, 0.2) is 0 Å². The molecule has 144 valence electrons. The molecule has 0 aliphatic heterocycles. The molecule has 0 saturated heterocycles. The van der Waals surface area contributed by atoms with Crippen molar-refractivity contribution in [3.05, 3.63) is 24.3 Å². The van der Waals surface area contributed by atoms with Gasteiger partial charge in [-0.25, -0.2) is 0 Å². The minimum absolute atomic E-state index is 0.335. The van der Waals surface area contributed by atoms with Crippen molar-refractivity contribution in [1.82, 2.24) is 0 Å². The molecule has 0 spiro atoms. The van der Waals surface area contributed by atoms with E-state index in [4.69, 9.17) is 4.74 Å². The Morgan fingerprint density at radius 2 is 0.800 bits per heavy atom. The van der Waals surface area contributed by atoms with E-state index in [0.717, 1.165) is 0 Å². The third kappa shape index (κ3) is 10.9. The quantitative estimate of drug-likeness (QED) is 0.462. The number of rotatable bonds is 2. The standard InChI is InChI=1S/C24H42O/c1-3-7-11-15-19-23(20-16-12-8-4-1)25-24-21-17-13-9-5-2-6-10-14-18-22-24/h15,17,19,21,23-24H,1-14,16,18,20,22H2/b19-15+,21-17?. The van der Waals surface area contributed by atoms with E-state index in [2.05, 4.69) is 24.3 Å². The Hall–Kier alpha value is -0.560. The second-order valence-corrected chi connectivity index (χ2v) is 8.17. The SMILES string of the molecule is C1=CC(OC2/C=C/CCCCCCCCC2)CCCCCCCCC1. The average Bonchev–Trinajstić information content (AvgIpc) is 2.59. The summed E-state index contributed by atoms with van der Waals surface area (Å²) in [5.41, 5.74) is 0. The van der Waals surface area contributed by atoms with Crippen LogP contribution in [0.15, 0.2) is 24.3 Å². The molecule has 1 heteroatoms. The van der Waals surface area contributed by atoms with Gasteiger partial charge in [0, 0.05) is 0 Å². The van der Waals surface area contributed by atoms with Gasteiger partial charge >= 0.3 is 0 Å². The van der Waals surface area contributed by atoms with Crippen LogP contribution in [0.25, 0.3) is 0 Å². The van der Waals surface area contributed by atoms with Crippen LogP contribution < -0.4 is 0 Å². The van der Waals surface area contributed by atoms with Crippen molar-refractivity contribution >= 4 is 0 Å². The molecule has 0 N–H and O–H groups in total. The zero-order valence-electron chi connectivity index (χ0n) is 16.6. The third-order valence-electron chi connectivity index (χ3n) is 5.77. The second-order valence-electron chi connectivity index (χ2n) is 8.17. The van der Waals surface area contributed by atoms with Gasteiger partial charge in [0.2, 0.25) is 0 Å². The van der Waals surface area contributed by atoms with Crippen LogP contribution in [0, 0.1) is 0 Å². The Kier molecular flexibility index (Phi) is 12.1. The highest BCUT2D eigenvalue weighted by atomic mass is 16.5. The monoisotopic (exact) mass is 346 g/mol. The summed E-state index contributed by atoms with van der Waals surface area (Å²) >= 11 is 0. The zero-order valence-corrected chi connectivity index (χ0v) is 16.6. The van der Waals surface area contributed by atoms with Gasteiger partial charge in [0.05, 0.1) is 12.2 Å². The predicted molar refractivity (Wildman–Crippen MR) is 110 cm³/mol. The highest BCUT2D eigenvalue weighted by Gasteiger charge is 2.13. The summed E-state index contributed by atoms with van der Waals surface area (Å²) in [5.74, 6) is 0. The van der Waals surface area contributed by atoms with Crippen LogP contribution in [0.4, 0.5) is 0 Å². The zero-order chi connectivity index (χ0) is 17.4. The van der Waals surface area contributed by atoms with Crippen molar-refractivity contribution in [2.75, 3.05) is 0 Å².